The van der Waals surface area contributed by atoms with Crippen molar-refractivity contribution in [2.75, 3.05) is 6.54 Å². The molecule has 0 fully saturated rings. The summed E-state index contributed by atoms with van der Waals surface area (Å²) in [7, 11) is 0. The second-order valence-electron chi connectivity index (χ2n) is 5.34. The van der Waals surface area contributed by atoms with Gasteiger partial charge in [0.2, 0.25) is 0 Å². The van der Waals surface area contributed by atoms with Crippen molar-refractivity contribution in [1.82, 2.24) is 25.2 Å². The molecule has 2 N–H and O–H groups in total. The Hall–Kier alpha value is -3.15. The molecule has 3 aromatic rings. The van der Waals surface area contributed by atoms with E-state index in [1.54, 1.807) is 18.7 Å². The predicted octanol–water partition coefficient (Wildman–Crippen LogP) is 2.31. The van der Waals surface area contributed by atoms with Crippen molar-refractivity contribution in [2.24, 2.45) is 0 Å². The van der Waals surface area contributed by atoms with Crippen molar-refractivity contribution in [3.63, 3.8) is 0 Å². The molecule has 122 valence electrons. The zero-order valence-electron chi connectivity index (χ0n) is 13.2. The Morgan fingerprint density at radius 3 is 2.62 bits per heavy atom. The van der Waals surface area contributed by atoms with Gasteiger partial charge in [0, 0.05) is 31.7 Å². The Kier molecular flexibility index (Phi) is 5.19. The van der Waals surface area contributed by atoms with Crippen molar-refractivity contribution in [1.29, 1.82) is 0 Å². The minimum Gasteiger partial charge on any atom is -0.338 e. The number of imidazole rings is 1. The third-order valence-electron chi connectivity index (χ3n) is 3.57. The number of amides is 2. The molecule has 0 atom stereocenters. The van der Waals surface area contributed by atoms with Crippen LogP contribution in [0.15, 0.2) is 67.4 Å². The zero-order valence-corrected chi connectivity index (χ0v) is 13.2. The molecule has 6 heteroatoms. The topological polar surface area (TPSA) is 71.8 Å². The summed E-state index contributed by atoms with van der Waals surface area (Å²) in [6.07, 6.45) is 7.80. The Bertz CT molecular complexity index is 754. The highest BCUT2D eigenvalue weighted by atomic mass is 16.2. The van der Waals surface area contributed by atoms with Crippen molar-refractivity contribution in [3.05, 3.63) is 78.5 Å². The van der Waals surface area contributed by atoms with Crippen LogP contribution in [0, 0.1) is 0 Å². The van der Waals surface area contributed by atoms with Crippen LogP contribution in [0.4, 0.5) is 4.79 Å². The lowest BCUT2D eigenvalue weighted by atomic mass is 10.1. The molecule has 1 aromatic carbocycles. The zero-order chi connectivity index (χ0) is 16.6. The van der Waals surface area contributed by atoms with E-state index in [-0.39, 0.29) is 6.03 Å². The van der Waals surface area contributed by atoms with Gasteiger partial charge < -0.3 is 10.6 Å². The van der Waals surface area contributed by atoms with E-state index in [2.05, 4.69) is 20.6 Å². The number of pyridine rings is 1. The molecule has 2 aromatic heterocycles. The molecule has 6 nitrogen and oxygen atoms in total. The summed E-state index contributed by atoms with van der Waals surface area (Å²) in [5, 5.41) is 5.68. The number of carbonyl (C=O) groups is 1. The molecule has 0 unspecified atom stereocenters. The lowest BCUT2D eigenvalue weighted by molar-refractivity contribution is 0.240. The molecule has 0 bridgehead atoms. The van der Waals surface area contributed by atoms with E-state index in [0.29, 0.717) is 13.1 Å². The molecule has 0 spiro atoms. The average Bonchev–Trinajstić information content (AvgIpc) is 3.16. The van der Waals surface area contributed by atoms with Crippen molar-refractivity contribution >= 4 is 6.03 Å². The minimum absolute atomic E-state index is 0.176. The van der Waals surface area contributed by atoms with Crippen LogP contribution in [0.3, 0.4) is 0 Å². The van der Waals surface area contributed by atoms with Gasteiger partial charge in [-0.2, -0.15) is 0 Å². The number of nitrogens with one attached hydrogen (secondary N) is 2. The number of hydrogen-bond donors (Lipinski definition) is 2. The summed E-state index contributed by atoms with van der Waals surface area (Å²) in [6.45, 7) is 1.04. The van der Waals surface area contributed by atoms with E-state index >= 15 is 0 Å². The first-order valence-electron chi connectivity index (χ1n) is 7.80. The van der Waals surface area contributed by atoms with Crippen molar-refractivity contribution < 1.29 is 4.79 Å². The summed E-state index contributed by atoms with van der Waals surface area (Å²) in [4.78, 5) is 20.1. The smallest absolute Gasteiger partial charge is 0.315 e. The molecule has 3 rings (SSSR count). The van der Waals surface area contributed by atoms with Gasteiger partial charge in [-0.1, -0.05) is 36.4 Å². The lowest BCUT2D eigenvalue weighted by Gasteiger charge is -2.08. The number of carbonyl (C=O) groups excluding carboxylic acids is 1. The van der Waals surface area contributed by atoms with Crippen LogP contribution in [-0.2, 0) is 13.0 Å². The summed E-state index contributed by atoms with van der Waals surface area (Å²) in [5.41, 5.74) is 2.15. The highest BCUT2D eigenvalue weighted by molar-refractivity contribution is 5.73. The Labute approximate surface area is 140 Å². The second-order valence-corrected chi connectivity index (χ2v) is 5.34. The largest absolute Gasteiger partial charge is 0.338 e. The normalized spacial score (nSPS) is 10.3. The number of benzene rings is 1. The van der Waals surface area contributed by atoms with Crippen LogP contribution in [0.2, 0.25) is 0 Å². The van der Waals surface area contributed by atoms with Gasteiger partial charge in [-0.15, -0.1) is 0 Å². The number of urea groups is 1. The summed E-state index contributed by atoms with van der Waals surface area (Å²) < 4.78 is 1.83. The van der Waals surface area contributed by atoms with Gasteiger partial charge in [0.1, 0.15) is 12.1 Å². The van der Waals surface area contributed by atoms with Gasteiger partial charge in [-0.3, -0.25) is 4.57 Å². The second kappa shape index (κ2) is 7.92. The quantitative estimate of drug-likeness (QED) is 0.732. The van der Waals surface area contributed by atoms with Crippen LogP contribution in [0.25, 0.3) is 5.82 Å². The number of rotatable bonds is 6. The molecule has 24 heavy (non-hydrogen) atoms. The highest BCUT2D eigenvalue weighted by Gasteiger charge is 2.02. The van der Waals surface area contributed by atoms with Crippen LogP contribution in [0.1, 0.15) is 11.1 Å². The fraction of sp³-hybridized carbons (Fsp3) is 0.167. The lowest BCUT2D eigenvalue weighted by Crippen LogP contribution is -2.36. The predicted molar refractivity (Wildman–Crippen MR) is 91.7 cm³/mol. The van der Waals surface area contributed by atoms with Crippen molar-refractivity contribution in [2.45, 2.75) is 13.0 Å². The highest BCUT2D eigenvalue weighted by Crippen LogP contribution is 2.05. The third-order valence-corrected chi connectivity index (χ3v) is 3.57. The van der Waals surface area contributed by atoms with E-state index < -0.39 is 0 Å². The maximum absolute atomic E-state index is 11.8. The average molecular weight is 321 g/mol. The Morgan fingerprint density at radius 1 is 1.04 bits per heavy atom. The summed E-state index contributed by atoms with van der Waals surface area (Å²) >= 11 is 0. The van der Waals surface area contributed by atoms with Gasteiger partial charge in [0.15, 0.2) is 0 Å². The third kappa shape index (κ3) is 4.42. The van der Waals surface area contributed by atoms with E-state index in [9.17, 15) is 4.79 Å². The van der Waals surface area contributed by atoms with E-state index in [4.69, 9.17) is 0 Å². The number of nitrogens with zero attached hydrogens (tertiary/aromatic N) is 3. The first-order chi connectivity index (χ1) is 11.8. The first kappa shape index (κ1) is 15.7. The molecule has 0 saturated carbocycles. The van der Waals surface area contributed by atoms with Crippen LogP contribution in [0.5, 0.6) is 0 Å². The SMILES string of the molecule is O=C(NCCc1ccccc1)NCc1ccc(-n2ccnc2)nc1. The Balaban J connectivity index is 1.41. The molecule has 0 radical (unpaired) electrons. The van der Waals surface area contributed by atoms with Crippen LogP contribution >= 0.6 is 0 Å². The first-order valence-corrected chi connectivity index (χ1v) is 7.80. The molecule has 0 saturated heterocycles. The van der Waals surface area contributed by atoms with Gasteiger partial charge >= 0.3 is 6.03 Å². The molecule has 2 heterocycles. The monoisotopic (exact) mass is 321 g/mol. The summed E-state index contributed by atoms with van der Waals surface area (Å²) in [6, 6.07) is 13.7. The van der Waals surface area contributed by atoms with E-state index in [0.717, 1.165) is 17.8 Å². The van der Waals surface area contributed by atoms with E-state index in [1.807, 2.05) is 53.2 Å². The fourth-order valence-electron chi connectivity index (χ4n) is 2.28. The molecule has 0 aliphatic carbocycles. The van der Waals surface area contributed by atoms with Crippen molar-refractivity contribution in [3.8, 4) is 5.82 Å². The molecule has 2 amide bonds. The molecule has 0 aliphatic rings. The summed E-state index contributed by atoms with van der Waals surface area (Å²) in [5.74, 6) is 0.795. The van der Waals surface area contributed by atoms with Crippen LogP contribution in [-0.4, -0.2) is 27.1 Å². The van der Waals surface area contributed by atoms with E-state index in [1.165, 1.54) is 5.56 Å². The van der Waals surface area contributed by atoms with Gasteiger partial charge in [-0.25, -0.2) is 14.8 Å². The van der Waals surface area contributed by atoms with Gasteiger partial charge in [-0.05, 0) is 23.6 Å². The number of hydrogen-bond acceptors (Lipinski definition) is 3. The van der Waals surface area contributed by atoms with Crippen LogP contribution < -0.4 is 10.6 Å². The molecular weight excluding hydrogens is 302 g/mol. The molecular formula is C18H19N5O. The fourth-order valence-corrected chi connectivity index (χ4v) is 2.28. The van der Waals surface area contributed by atoms with Gasteiger partial charge in [0.05, 0.1) is 0 Å². The standard InChI is InChI=1S/C18H19N5O/c24-18(20-9-8-15-4-2-1-3-5-15)22-13-16-6-7-17(21-12-16)23-11-10-19-14-23/h1-7,10-12,14H,8-9,13H2,(H2,20,22,24). The van der Waals surface area contributed by atoms with Gasteiger partial charge in [0.25, 0.3) is 0 Å². The maximum atomic E-state index is 11.8. The minimum atomic E-state index is -0.176. The maximum Gasteiger partial charge on any atom is 0.315 e. The molecule has 0 aliphatic heterocycles. The Morgan fingerprint density at radius 2 is 1.92 bits per heavy atom. The number of aromatic nitrogens is 3.